The molecular weight excluding hydrogens is 279 g/mol. The lowest BCUT2D eigenvalue weighted by atomic mass is 10.2. The molecule has 0 aliphatic heterocycles. The average molecular weight is 298 g/mol. The number of nitrogens with zero attached hydrogens (tertiary/aromatic N) is 2. The SMILES string of the molecule is CC(P)n1ncc2cc(S(=O)(=O)C(C)(C)C)ccc21. The van der Waals surface area contributed by atoms with Crippen molar-refractivity contribution >= 4 is 30.0 Å². The molecule has 0 aliphatic rings. The second-order valence-electron chi connectivity index (χ2n) is 5.67. The van der Waals surface area contributed by atoms with Gasteiger partial charge in [0.05, 0.1) is 27.1 Å². The minimum absolute atomic E-state index is 0.169. The minimum atomic E-state index is -3.32. The van der Waals surface area contributed by atoms with Crippen LogP contribution < -0.4 is 0 Å². The second kappa shape index (κ2) is 4.57. The van der Waals surface area contributed by atoms with Gasteiger partial charge in [-0.3, -0.25) is 4.68 Å². The molecule has 2 unspecified atom stereocenters. The van der Waals surface area contributed by atoms with E-state index in [1.54, 1.807) is 39.1 Å². The van der Waals surface area contributed by atoms with Crippen LogP contribution in [0.15, 0.2) is 29.3 Å². The summed E-state index contributed by atoms with van der Waals surface area (Å²) in [5.74, 6) is 0.169. The quantitative estimate of drug-likeness (QED) is 0.801. The van der Waals surface area contributed by atoms with E-state index in [2.05, 4.69) is 14.3 Å². The van der Waals surface area contributed by atoms with Crippen LogP contribution in [0.4, 0.5) is 0 Å². The summed E-state index contributed by atoms with van der Waals surface area (Å²) >= 11 is 0. The van der Waals surface area contributed by atoms with Gasteiger partial charge in [-0.25, -0.2) is 8.42 Å². The molecule has 0 amide bonds. The molecule has 4 nitrogen and oxygen atoms in total. The number of benzene rings is 1. The summed E-state index contributed by atoms with van der Waals surface area (Å²) in [6.07, 6.45) is 1.71. The van der Waals surface area contributed by atoms with Crippen molar-refractivity contribution in [2.45, 2.75) is 43.1 Å². The normalized spacial score (nSPS) is 14.8. The fourth-order valence-electron chi connectivity index (χ4n) is 1.88. The maximum Gasteiger partial charge on any atom is 0.183 e. The van der Waals surface area contributed by atoms with E-state index in [1.165, 1.54) is 0 Å². The summed E-state index contributed by atoms with van der Waals surface area (Å²) in [5, 5.41) is 5.13. The van der Waals surface area contributed by atoms with Gasteiger partial charge < -0.3 is 0 Å². The molecule has 0 spiro atoms. The summed E-state index contributed by atoms with van der Waals surface area (Å²) < 4.78 is 25.9. The Morgan fingerprint density at radius 3 is 2.47 bits per heavy atom. The number of fused-ring (bicyclic) bond motifs is 1. The lowest BCUT2D eigenvalue weighted by molar-refractivity contribution is 0.560. The molecule has 0 saturated carbocycles. The van der Waals surface area contributed by atoms with Crippen LogP contribution in [-0.2, 0) is 9.84 Å². The second-order valence-corrected chi connectivity index (χ2v) is 9.33. The van der Waals surface area contributed by atoms with Gasteiger partial charge in [-0.05, 0) is 45.9 Å². The summed E-state index contributed by atoms with van der Waals surface area (Å²) in [6, 6.07) is 5.18. The van der Waals surface area contributed by atoms with Gasteiger partial charge in [-0.2, -0.15) is 5.10 Å². The Hall–Kier alpha value is -0.930. The Morgan fingerprint density at radius 2 is 1.95 bits per heavy atom. The van der Waals surface area contributed by atoms with Crippen molar-refractivity contribution < 1.29 is 8.42 Å². The van der Waals surface area contributed by atoms with Gasteiger partial charge in [0, 0.05) is 5.39 Å². The topological polar surface area (TPSA) is 52.0 Å². The lowest BCUT2D eigenvalue weighted by Crippen LogP contribution is -2.27. The number of rotatable bonds is 2. The standard InChI is InChI=1S/C13H19N2O2PS/c1-9(18)15-12-6-5-11(7-10(12)8-14-15)19(16,17)13(2,3)4/h5-9H,18H2,1-4H3. The van der Waals surface area contributed by atoms with E-state index in [0.29, 0.717) is 4.90 Å². The van der Waals surface area contributed by atoms with Crippen molar-refractivity contribution in [2.24, 2.45) is 0 Å². The minimum Gasteiger partial charge on any atom is -0.258 e. The van der Waals surface area contributed by atoms with Crippen LogP contribution in [0.25, 0.3) is 10.9 Å². The van der Waals surface area contributed by atoms with Crippen LogP contribution in [-0.4, -0.2) is 22.9 Å². The van der Waals surface area contributed by atoms with Crippen molar-refractivity contribution in [1.29, 1.82) is 0 Å². The molecule has 0 saturated heterocycles. The third kappa shape index (κ3) is 2.41. The van der Waals surface area contributed by atoms with Gasteiger partial charge in [-0.1, -0.05) is 0 Å². The largest absolute Gasteiger partial charge is 0.258 e. The lowest BCUT2D eigenvalue weighted by Gasteiger charge is -2.19. The predicted octanol–water partition coefficient (Wildman–Crippen LogP) is 3.00. The molecule has 0 aliphatic carbocycles. The van der Waals surface area contributed by atoms with E-state index >= 15 is 0 Å². The maximum absolute atomic E-state index is 12.4. The van der Waals surface area contributed by atoms with Crippen LogP contribution in [0.5, 0.6) is 0 Å². The molecule has 0 bridgehead atoms. The first-order chi connectivity index (χ1) is 8.64. The molecule has 0 N–H and O–H groups in total. The van der Waals surface area contributed by atoms with Crippen LogP contribution in [0.3, 0.4) is 0 Å². The summed E-state index contributed by atoms with van der Waals surface area (Å²) in [5.41, 5.74) is 0.940. The molecule has 19 heavy (non-hydrogen) atoms. The van der Waals surface area contributed by atoms with E-state index in [0.717, 1.165) is 10.9 Å². The zero-order chi connectivity index (χ0) is 14.4. The zero-order valence-corrected chi connectivity index (χ0v) is 13.6. The van der Waals surface area contributed by atoms with Gasteiger partial charge in [0.1, 0.15) is 0 Å². The highest BCUT2D eigenvalue weighted by atomic mass is 32.2. The van der Waals surface area contributed by atoms with Crippen molar-refractivity contribution in [3.05, 3.63) is 24.4 Å². The fraction of sp³-hybridized carbons (Fsp3) is 0.462. The summed E-state index contributed by atoms with van der Waals surface area (Å²) in [6.45, 7) is 7.14. The molecule has 1 heterocycles. The van der Waals surface area contributed by atoms with Gasteiger partial charge in [0.15, 0.2) is 9.84 Å². The fourth-order valence-corrected chi connectivity index (χ4v) is 3.35. The average Bonchev–Trinajstić information content (AvgIpc) is 2.69. The molecule has 0 fully saturated rings. The van der Waals surface area contributed by atoms with E-state index in [9.17, 15) is 8.42 Å². The number of hydrogen-bond acceptors (Lipinski definition) is 3. The Labute approximate surface area is 116 Å². The van der Waals surface area contributed by atoms with Gasteiger partial charge in [0.25, 0.3) is 0 Å². The highest BCUT2D eigenvalue weighted by Crippen LogP contribution is 2.29. The van der Waals surface area contributed by atoms with Gasteiger partial charge >= 0.3 is 0 Å². The third-order valence-corrected chi connectivity index (χ3v) is 5.84. The zero-order valence-electron chi connectivity index (χ0n) is 11.6. The third-order valence-electron chi connectivity index (χ3n) is 3.07. The Bertz CT molecular complexity index is 712. The van der Waals surface area contributed by atoms with Crippen LogP contribution in [0.2, 0.25) is 0 Å². The van der Waals surface area contributed by atoms with Crippen molar-refractivity contribution in [3.8, 4) is 0 Å². The van der Waals surface area contributed by atoms with E-state index in [-0.39, 0.29) is 5.78 Å². The molecule has 1 aromatic heterocycles. The molecular formula is C13H19N2O2PS. The smallest absolute Gasteiger partial charge is 0.183 e. The van der Waals surface area contributed by atoms with Crippen molar-refractivity contribution in [3.63, 3.8) is 0 Å². The molecule has 2 atom stereocenters. The van der Waals surface area contributed by atoms with E-state index in [1.807, 2.05) is 17.7 Å². The summed E-state index contributed by atoms with van der Waals surface area (Å²) in [4.78, 5) is 0.350. The van der Waals surface area contributed by atoms with Crippen molar-refractivity contribution in [2.75, 3.05) is 0 Å². The van der Waals surface area contributed by atoms with Crippen molar-refractivity contribution in [1.82, 2.24) is 9.78 Å². The first-order valence-electron chi connectivity index (χ1n) is 6.12. The van der Waals surface area contributed by atoms with E-state index in [4.69, 9.17) is 0 Å². The first kappa shape index (κ1) is 14.5. The Kier molecular flexibility index (Phi) is 3.48. The highest BCUT2D eigenvalue weighted by Gasteiger charge is 2.31. The number of sulfone groups is 1. The Balaban J connectivity index is 2.62. The molecule has 0 radical (unpaired) electrons. The van der Waals surface area contributed by atoms with Crippen LogP contribution in [0.1, 0.15) is 33.5 Å². The molecule has 1 aromatic carbocycles. The van der Waals surface area contributed by atoms with Crippen LogP contribution >= 0.6 is 9.24 Å². The van der Waals surface area contributed by atoms with Gasteiger partial charge in [-0.15, -0.1) is 9.24 Å². The highest BCUT2D eigenvalue weighted by molar-refractivity contribution is 7.92. The molecule has 2 aromatic rings. The van der Waals surface area contributed by atoms with E-state index < -0.39 is 14.6 Å². The number of aromatic nitrogens is 2. The van der Waals surface area contributed by atoms with Gasteiger partial charge in [0.2, 0.25) is 0 Å². The monoisotopic (exact) mass is 298 g/mol. The molecule has 104 valence electrons. The maximum atomic E-state index is 12.4. The number of hydrogen-bond donors (Lipinski definition) is 0. The van der Waals surface area contributed by atoms with Crippen LogP contribution in [0, 0.1) is 0 Å². The predicted molar refractivity (Wildman–Crippen MR) is 81.1 cm³/mol. The molecule has 6 heteroatoms. The Morgan fingerprint density at radius 1 is 1.32 bits per heavy atom. The first-order valence-corrected chi connectivity index (χ1v) is 8.27. The molecule has 2 rings (SSSR count). The summed E-state index contributed by atoms with van der Waals surface area (Å²) in [7, 11) is -0.648.